The lowest BCUT2D eigenvalue weighted by Gasteiger charge is -2.61. The average molecular weight is 321 g/mol. The molecule has 0 amide bonds. The van der Waals surface area contributed by atoms with Crippen molar-refractivity contribution >= 4 is 0 Å². The summed E-state index contributed by atoms with van der Waals surface area (Å²) in [7, 11) is 0. The summed E-state index contributed by atoms with van der Waals surface area (Å²) in [5.41, 5.74) is 1.000. The summed E-state index contributed by atoms with van der Waals surface area (Å²) in [4.78, 5) is 0. The van der Waals surface area contributed by atoms with Gasteiger partial charge in [0, 0.05) is 6.61 Å². The molecule has 2 N–H and O–H groups in total. The Morgan fingerprint density at radius 2 is 1.61 bits per heavy atom. The van der Waals surface area contributed by atoms with Crippen molar-refractivity contribution in [1.82, 2.24) is 0 Å². The Hall–Kier alpha value is -0.0800. The normalized spacial score (nSPS) is 55.8. The van der Waals surface area contributed by atoms with Crippen LogP contribution in [0.1, 0.15) is 78.1 Å². The molecule has 23 heavy (non-hydrogen) atoms. The fraction of sp³-hybridized carbons (Fsp3) is 1.00. The van der Waals surface area contributed by atoms with Crippen LogP contribution in [0.15, 0.2) is 0 Å². The summed E-state index contributed by atoms with van der Waals surface area (Å²) in [6.45, 7) is 5.50. The minimum atomic E-state index is -0.0288. The van der Waals surface area contributed by atoms with E-state index in [-0.39, 0.29) is 6.10 Å². The zero-order valence-corrected chi connectivity index (χ0v) is 15.1. The number of hydrogen-bond acceptors (Lipinski definition) is 2. The largest absolute Gasteiger partial charge is 0.396 e. The first kappa shape index (κ1) is 16.4. The van der Waals surface area contributed by atoms with Gasteiger partial charge in [-0.15, -0.1) is 0 Å². The minimum Gasteiger partial charge on any atom is -0.396 e. The number of rotatable bonds is 2. The van der Waals surface area contributed by atoms with Crippen LogP contribution in [0.2, 0.25) is 0 Å². The van der Waals surface area contributed by atoms with Gasteiger partial charge in [-0.25, -0.2) is 0 Å². The molecule has 4 aliphatic carbocycles. The average Bonchev–Trinajstić information content (AvgIpc) is 2.85. The van der Waals surface area contributed by atoms with E-state index in [0.717, 1.165) is 48.9 Å². The topological polar surface area (TPSA) is 40.5 Å². The van der Waals surface area contributed by atoms with Crippen molar-refractivity contribution < 1.29 is 10.2 Å². The van der Waals surface area contributed by atoms with Gasteiger partial charge in [0.15, 0.2) is 0 Å². The molecule has 0 aromatic rings. The van der Waals surface area contributed by atoms with E-state index in [9.17, 15) is 10.2 Å². The van der Waals surface area contributed by atoms with Crippen molar-refractivity contribution in [2.45, 2.75) is 84.2 Å². The smallest absolute Gasteiger partial charge is 0.0543 e. The van der Waals surface area contributed by atoms with Gasteiger partial charge < -0.3 is 10.2 Å². The second-order valence-electron chi connectivity index (χ2n) is 9.92. The molecule has 0 bridgehead atoms. The highest BCUT2D eigenvalue weighted by Gasteiger charge is 2.59. The van der Waals surface area contributed by atoms with E-state index < -0.39 is 0 Å². The highest BCUT2D eigenvalue weighted by molar-refractivity contribution is 5.09. The van der Waals surface area contributed by atoms with Crippen LogP contribution in [0.3, 0.4) is 0 Å². The van der Waals surface area contributed by atoms with Crippen LogP contribution in [-0.2, 0) is 0 Å². The molecule has 0 saturated heterocycles. The Kier molecular flexibility index (Phi) is 4.08. The van der Waals surface area contributed by atoms with Crippen molar-refractivity contribution in [1.29, 1.82) is 0 Å². The minimum absolute atomic E-state index is 0.0288. The Morgan fingerprint density at radius 1 is 0.870 bits per heavy atom. The number of fused-ring (bicyclic) bond motifs is 5. The second-order valence-corrected chi connectivity index (χ2v) is 9.92. The van der Waals surface area contributed by atoms with Crippen molar-refractivity contribution in [2.75, 3.05) is 6.61 Å². The van der Waals surface area contributed by atoms with Gasteiger partial charge in [-0.2, -0.15) is 0 Å². The highest BCUT2D eigenvalue weighted by Crippen LogP contribution is 2.67. The molecule has 0 unspecified atom stereocenters. The van der Waals surface area contributed by atoms with Gasteiger partial charge in [-0.3, -0.25) is 0 Å². The molecule has 4 aliphatic rings. The molecule has 4 rings (SSSR count). The SMILES string of the molecule is C[C@]12CC[C@@H](O)C[C@@H]1CC[C@@H]1[C@@H]2CC[C@]2(C)[C@@H](CCO)CC[C@@H]12. The fourth-order valence-electron chi connectivity index (χ4n) is 7.97. The van der Waals surface area contributed by atoms with Gasteiger partial charge in [0.1, 0.15) is 0 Å². The standard InChI is InChI=1S/C21H36O2/c1-20-11-8-19-17(18(20)6-4-14(20)9-12-22)5-3-15-13-16(23)7-10-21(15,19)2/h14-19,22-23H,3-13H2,1-2H3/t14-,15+,16-,17+,18+,19+,20-,21+/m1/s1. The van der Waals surface area contributed by atoms with Crippen LogP contribution in [0, 0.1) is 40.4 Å². The van der Waals surface area contributed by atoms with Gasteiger partial charge in [0.05, 0.1) is 6.10 Å². The second kappa shape index (κ2) is 5.73. The summed E-state index contributed by atoms with van der Waals surface area (Å²) >= 11 is 0. The van der Waals surface area contributed by atoms with E-state index in [0.29, 0.717) is 17.4 Å². The molecular weight excluding hydrogens is 284 g/mol. The molecule has 132 valence electrons. The van der Waals surface area contributed by atoms with E-state index in [1.54, 1.807) is 0 Å². The highest BCUT2D eigenvalue weighted by atomic mass is 16.3. The van der Waals surface area contributed by atoms with Crippen molar-refractivity contribution in [3.8, 4) is 0 Å². The van der Waals surface area contributed by atoms with E-state index in [4.69, 9.17) is 0 Å². The summed E-state index contributed by atoms with van der Waals surface area (Å²) < 4.78 is 0. The van der Waals surface area contributed by atoms with Crippen LogP contribution in [0.5, 0.6) is 0 Å². The lowest BCUT2D eigenvalue weighted by molar-refractivity contribution is -0.127. The van der Waals surface area contributed by atoms with E-state index in [2.05, 4.69) is 13.8 Å². The quantitative estimate of drug-likeness (QED) is 0.792. The predicted molar refractivity (Wildman–Crippen MR) is 92.9 cm³/mol. The van der Waals surface area contributed by atoms with Crippen molar-refractivity contribution in [2.24, 2.45) is 40.4 Å². The summed E-state index contributed by atoms with van der Waals surface area (Å²) in [5.74, 6) is 4.26. The maximum absolute atomic E-state index is 10.1. The molecule has 8 atom stereocenters. The van der Waals surface area contributed by atoms with Gasteiger partial charge in [0.25, 0.3) is 0 Å². The summed E-state index contributed by atoms with van der Waals surface area (Å²) in [6.07, 6.45) is 12.7. The first-order valence-corrected chi connectivity index (χ1v) is 10.3. The molecule has 2 nitrogen and oxygen atoms in total. The predicted octanol–water partition coefficient (Wildman–Crippen LogP) is 4.39. The lowest BCUT2D eigenvalue weighted by atomic mass is 9.44. The van der Waals surface area contributed by atoms with Gasteiger partial charge in [0.2, 0.25) is 0 Å². The maximum atomic E-state index is 10.1. The van der Waals surface area contributed by atoms with Gasteiger partial charge in [-0.05, 0) is 105 Å². The molecular formula is C21H36O2. The summed E-state index contributed by atoms with van der Waals surface area (Å²) in [6, 6.07) is 0. The van der Waals surface area contributed by atoms with Gasteiger partial charge >= 0.3 is 0 Å². The van der Waals surface area contributed by atoms with Crippen LogP contribution < -0.4 is 0 Å². The Labute approximate surface area is 142 Å². The molecule has 4 fully saturated rings. The number of aliphatic hydroxyl groups excluding tert-OH is 2. The van der Waals surface area contributed by atoms with Crippen molar-refractivity contribution in [3.63, 3.8) is 0 Å². The molecule has 0 heterocycles. The van der Waals surface area contributed by atoms with Crippen LogP contribution in [0.4, 0.5) is 0 Å². The monoisotopic (exact) mass is 320 g/mol. The first-order chi connectivity index (χ1) is 11.0. The van der Waals surface area contributed by atoms with E-state index in [1.165, 1.54) is 44.9 Å². The molecule has 0 aromatic carbocycles. The molecule has 0 aromatic heterocycles. The zero-order chi connectivity index (χ0) is 16.2. The third kappa shape index (κ3) is 2.34. The van der Waals surface area contributed by atoms with E-state index in [1.807, 2.05) is 0 Å². The van der Waals surface area contributed by atoms with Gasteiger partial charge in [-0.1, -0.05) is 13.8 Å². The molecule has 0 radical (unpaired) electrons. The fourth-order valence-corrected chi connectivity index (χ4v) is 7.97. The Balaban J connectivity index is 1.58. The lowest BCUT2D eigenvalue weighted by Crippen LogP contribution is -2.53. The maximum Gasteiger partial charge on any atom is 0.0543 e. The molecule has 0 aliphatic heterocycles. The third-order valence-corrected chi connectivity index (χ3v) is 9.31. The molecule has 0 spiro atoms. The third-order valence-electron chi connectivity index (χ3n) is 9.31. The van der Waals surface area contributed by atoms with Crippen molar-refractivity contribution in [3.05, 3.63) is 0 Å². The Bertz CT molecular complexity index is 449. The van der Waals surface area contributed by atoms with Crippen LogP contribution in [-0.4, -0.2) is 22.9 Å². The zero-order valence-electron chi connectivity index (χ0n) is 15.1. The number of hydrogen-bond donors (Lipinski definition) is 2. The number of aliphatic hydroxyl groups is 2. The summed E-state index contributed by atoms with van der Waals surface area (Å²) in [5, 5.41) is 19.6. The first-order valence-electron chi connectivity index (χ1n) is 10.3. The van der Waals surface area contributed by atoms with Crippen LogP contribution >= 0.6 is 0 Å². The Morgan fingerprint density at radius 3 is 2.39 bits per heavy atom. The van der Waals surface area contributed by atoms with Crippen LogP contribution in [0.25, 0.3) is 0 Å². The van der Waals surface area contributed by atoms with E-state index >= 15 is 0 Å². The molecule has 2 heteroatoms. The molecule has 4 saturated carbocycles.